The smallest absolute Gasteiger partial charge is 0.0558 e. The van der Waals surface area contributed by atoms with Crippen molar-refractivity contribution in [3.05, 3.63) is 35.9 Å². The summed E-state index contributed by atoms with van der Waals surface area (Å²) in [6.45, 7) is 6.51. The number of benzene rings is 1. The molecule has 88 valence electrons. The van der Waals surface area contributed by atoms with Crippen molar-refractivity contribution < 1.29 is 5.11 Å². The first-order valence-corrected chi connectivity index (χ1v) is 5.98. The molecular weight excluding hydrogens is 200 g/mol. The summed E-state index contributed by atoms with van der Waals surface area (Å²) in [4.78, 5) is 4.80. The number of piperazine rings is 1. The van der Waals surface area contributed by atoms with Crippen LogP contribution in [0.3, 0.4) is 0 Å². The van der Waals surface area contributed by atoms with Gasteiger partial charge < -0.3 is 5.11 Å². The van der Waals surface area contributed by atoms with Crippen LogP contribution < -0.4 is 0 Å². The second-order valence-electron chi connectivity index (χ2n) is 4.33. The minimum Gasteiger partial charge on any atom is -0.395 e. The average Bonchev–Trinajstić information content (AvgIpc) is 2.33. The number of hydrogen-bond acceptors (Lipinski definition) is 3. The number of β-amino-alcohol motifs (C(OH)–C–C–N with tert-alkyl or cyclic N) is 1. The molecule has 1 aliphatic heterocycles. The van der Waals surface area contributed by atoms with Crippen LogP contribution in [-0.2, 0) is 6.54 Å². The van der Waals surface area contributed by atoms with Crippen LogP contribution in [0.5, 0.6) is 0 Å². The maximum atomic E-state index is 8.86. The highest BCUT2D eigenvalue weighted by molar-refractivity contribution is 5.14. The summed E-state index contributed by atoms with van der Waals surface area (Å²) in [5.74, 6) is 0. The first-order chi connectivity index (χ1) is 7.88. The molecule has 1 aromatic rings. The molecule has 1 N–H and O–H groups in total. The molecule has 1 fully saturated rings. The van der Waals surface area contributed by atoms with Gasteiger partial charge in [-0.1, -0.05) is 30.3 Å². The summed E-state index contributed by atoms with van der Waals surface area (Å²) in [5.41, 5.74) is 1.39. The Kier molecular flexibility index (Phi) is 4.34. The van der Waals surface area contributed by atoms with Gasteiger partial charge in [0.05, 0.1) is 6.61 Å². The van der Waals surface area contributed by atoms with Gasteiger partial charge in [0.2, 0.25) is 0 Å². The number of aliphatic hydroxyl groups excluding tert-OH is 1. The molecule has 1 heterocycles. The molecule has 3 heteroatoms. The Balaban J connectivity index is 1.77. The van der Waals surface area contributed by atoms with Crippen LogP contribution in [0.4, 0.5) is 0 Å². The lowest BCUT2D eigenvalue weighted by Crippen LogP contribution is -2.46. The van der Waals surface area contributed by atoms with E-state index in [4.69, 9.17) is 5.11 Å². The summed E-state index contributed by atoms with van der Waals surface area (Å²) < 4.78 is 0. The molecular formula is C13H20N2O. The predicted octanol–water partition coefficient (Wildman–Crippen LogP) is 0.796. The van der Waals surface area contributed by atoms with Crippen LogP contribution in [-0.4, -0.2) is 54.2 Å². The van der Waals surface area contributed by atoms with Crippen LogP contribution in [0.25, 0.3) is 0 Å². The summed E-state index contributed by atoms with van der Waals surface area (Å²) in [6.07, 6.45) is 0. The van der Waals surface area contributed by atoms with Crippen molar-refractivity contribution in [1.29, 1.82) is 0 Å². The third-order valence-electron chi connectivity index (χ3n) is 3.13. The monoisotopic (exact) mass is 220 g/mol. The van der Waals surface area contributed by atoms with E-state index in [9.17, 15) is 0 Å². The molecule has 0 radical (unpaired) electrons. The Morgan fingerprint density at radius 3 is 2.19 bits per heavy atom. The first-order valence-electron chi connectivity index (χ1n) is 5.98. The number of rotatable bonds is 4. The topological polar surface area (TPSA) is 26.7 Å². The van der Waals surface area contributed by atoms with Gasteiger partial charge in [0.1, 0.15) is 0 Å². The molecule has 1 saturated heterocycles. The van der Waals surface area contributed by atoms with E-state index in [-0.39, 0.29) is 6.61 Å². The zero-order valence-corrected chi connectivity index (χ0v) is 9.68. The van der Waals surface area contributed by atoms with E-state index in [1.54, 1.807) is 0 Å². The molecule has 0 atom stereocenters. The lowest BCUT2D eigenvalue weighted by molar-refractivity contribution is 0.108. The second-order valence-corrected chi connectivity index (χ2v) is 4.33. The van der Waals surface area contributed by atoms with Gasteiger partial charge in [-0.3, -0.25) is 9.80 Å². The van der Waals surface area contributed by atoms with E-state index in [2.05, 4.69) is 40.1 Å². The molecule has 2 rings (SSSR count). The fourth-order valence-electron chi connectivity index (χ4n) is 2.15. The maximum Gasteiger partial charge on any atom is 0.0558 e. The molecule has 0 aromatic heterocycles. The Labute approximate surface area is 97.3 Å². The van der Waals surface area contributed by atoms with E-state index in [1.807, 2.05) is 0 Å². The SMILES string of the molecule is OCCN1CCN(Cc2ccccc2)CC1. The van der Waals surface area contributed by atoms with Crippen molar-refractivity contribution in [3.63, 3.8) is 0 Å². The Bertz CT molecular complexity index is 294. The molecule has 0 spiro atoms. The highest BCUT2D eigenvalue weighted by Crippen LogP contribution is 2.07. The Morgan fingerprint density at radius 1 is 0.938 bits per heavy atom. The summed E-state index contributed by atoms with van der Waals surface area (Å²) in [5, 5.41) is 8.86. The number of nitrogens with zero attached hydrogens (tertiary/aromatic N) is 2. The Morgan fingerprint density at radius 2 is 1.56 bits per heavy atom. The summed E-state index contributed by atoms with van der Waals surface area (Å²) >= 11 is 0. The second kappa shape index (κ2) is 5.99. The molecule has 0 aliphatic carbocycles. The van der Waals surface area contributed by atoms with Gasteiger partial charge in [0, 0.05) is 39.3 Å². The van der Waals surface area contributed by atoms with Crippen LogP contribution >= 0.6 is 0 Å². The van der Waals surface area contributed by atoms with Crippen molar-refractivity contribution >= 4 is 0 Å². The normalized spacial score (nSPS) is 18.8. The third kappa shape index (κ3) is 3.30. The van der Waals surface area contributed by atoms with Crippen molar-refractivity contribution in [3.8, 4) is 0 Å². The zero-order valence-electron chi connectivity index (χ0n) is 9.68. The lowest BCUT2D eigenvalue weighted by Gasteiger charge is -2.34. The van der Waals surface area contributed by atoms with Gasteiger partial charge in [-0.05, 0) is 5.56 Å². The molecule has 1 aliphatic rings. The summed E-state index contributed by atoms with van der Waals surface area (Å²) in [7, 11) is 0. The van der Waals surface area contributed by atoms with E-state index in [1.165, 1.54) is 5.56 Å². The fourth-order valence-corrected chi connectivity index (χ4v) is 2.15. The third-order valence-corrected chi connectivity index (χ3v) is 3.13. The van der Waals surface area contributed by atoms with Crippen molar-refractivity contribution in [1.82, 2.24) is 9.80 Å². The molecule has 16 heavy (non-hydrogen) atoms. The van der Waals surface area contributed by atoms with Crippen LogP contribution in [0, 0.1) is 0 Å². The predicted molar refractivity (Wildman–Crippen MR) is 65.2 cm³/mol. The maximum absolute atomic E-state index is 8.86. The van der Waals surface area contributed by atoms with Gasteiger partial charge in [-0.2, -0.15) is 0 Å². The largest absolute Gasteiger partial charge is 0.395 e. The van der Waals surface area contributed by atoms with Crippen molar-refractivity contribution in [2.45, 2.75) is 6.54 Å². The minimum absolute atomic E-state index is 0.276. The highest BCUT2D eigenvalue weighted by atomic mass is 16.3. The molecule has 3 nitrogen and oxygen atoms in total. The van der Waals surface area contributed by atoms with Crippen molar-refractivity contribution in [2.24, 2.45) is 0 Å². The van der Waals surface area contributed by atoms with Gasteiger partial charge in [0.15, 0.2) is 0 Å². The van der Waals surface area contributed by atoms with Gasteiger partial charge in [-0.15, -0.1) is 0 Å². The number of hydrogen-bond donors (Lipinski definition) is 1. The van der Waals surface area contributed by atoms with E-state index < -0.39 is 0 Å². The molecule has 0 unspecified atom stereocenters. The average molecular weight is 220 g/mol. The van der Waals surface area contributed by atoms with Crippen molar-refractivity contribution in [2.75, 3.05) is 39.3 Å². The highest BCUT2D eigenvalue weighted by Gasteiger charge is 2.15. The molecule has 0 saturated carbocycles. The van der Waals surface area contributed by atoms with Gasteiger partial charge in [0.25, 0.3) is 0 Å². The standard InChI is InChI=1S/C13H20N2O/c16-11-10-14-6-8-15(9-7-14)12-13-4-2-1-3-5-13/h1-5,16H,6-12H2. The lowest BCUT2D eigenvalue weighted by atomic mass is 10.2. The van der Waals surface area contributed by atoms with Crippen LogP contribution in [0.15, 0.2) is 30.3 Å². The van der Waals surface area contributed by atoms with Gasteiger partial charge >= 0.3 is 0 Å². The van der Waals surface area contributed by atoms with E-state index >= 15 is 0 Å². The fraction of sp³-hybridized carbons (Fsp3) is 0.538. The molecule has 0 bridgehead atoms. The Hall–Kier alpha value is -0.900. The first kappa shape index (κ1) is 11.6. The quantitative estimate of drug-likeness (QED) is 0.813. The molecule has 1 aromatic carbocycles. The van der Waals surface area contributed by atoms with Crippen LogP contribution in [0.1, 0.15) is 5.56 Å². The summed E-state index contributed by atoms with van der Waals surface area (Å²) in [6, 6.07) is 10.6. The van der Waals surface area contributed by atoms with E-state index in [0.717, 1.165) is 39.3 Å². The van der Waals surface area contributed by atoms with E-state index in [0.29, 0.717) is 0 Å². The van der Waals surface area contributed by atoms with Gasteiger partial charge in [-0.25, -0.2) is 0 Å². The minimum atomic E-state index is 0.276. The van der Waals surface area contributed by atoms with Crippen LogP contribution in [0.2, 0.25) is 0 Å². The number of aliphatic hydroxyl groups is 1. The molecule has 0 amide bonds. The zero-order chi connectivity index (χ0) is 11.2.